The molecule has 0 bridgehead atoms. The SMILES string of the molecule is CC(SCc1cccc(S(=O)(=O)N(C)C)c1)C(=O)O. The molecule has 1 unspecified atom stereocenters. The van der Waals surface area contributed by atoms with Gasteiger partial charge in [0.1, 0.15) is 0 Å². The van der Waals surface area contributed by atoms with Crippen LogP contribution >= 0.6 is 11.8 Å². The molecule has 1 aromatic rings. The Morgan fingerprint density at radius 3 is 2.58 bits per heavy atom. The van der Waals surface area contributed by atoms with Gasteiger partial charge in [0.25, 0.3) is 0 Å². The van der Waals surface area contributed by atoms with Crippen LogP contribution in [0.15, 0.2) is 29.2 Å². The van der Waals surface area contributed by atoms with E-state index in [1.165, 1.54) is 31.9 Å². The van der Waals surface area contributed by atoms with Crippen LogP contribution < -0.4 is 0 Å². The Labute approximate surface area is 117 Å². The minimum Gasteiger partial charge on any atom is -0.480 e. The number of carboxylic acids is 1. The number of carboxylic acid groups (broad SMARTS) is 1. The van der Waals surface area contributed by atoms with Gasteiger partial charge in [0, 0.05) is 19.8 Å². The number of rotatable bonds is 6. The van der Waals surface area contributed by atoms with Gasteiger partial charge in [-0.15, -0.1) is 11.8 Å². The van der Waals surface area contributed by atoms with Crippen LogP contribution in [0, 0.1) is 0 Å². The molecule has 0 aliphatic carbocycles. The zero-order valence-corrected chi connectivity index (χ0v) is 12.7. The second kappa shape index (κ2) is 6.40. The topological polar surface area (TPSA) is 74.7 Å². The molecule has 0 spiro atoms. The predicted molar refractivity (Wildman–Crippen MR) is 75.7 cm³/mol. The fourth-order valence-corrected chi connectivity index (χ4v) is 3.04. The molecule has 0 saturated carbocycles. The molecule has 1 atom stereocenters. The summed E-state index contributed by atoms with van der Waals surface area (Å²) < 4.78 is 25.1. The first-order valence-corrected chi connectivity index (χ1v) is 8.10. The standard InChI is InChI=1S/C12H17NO4S2/c1-9(12(14)15)18-8-10-5-4-6-11(7-10)19(16,17)13(2)3/h4-7,9H,8H2,1-3H3,(H,14,15). The molecule has 0 saturated heterocycles. The molecule has 1 rings (SSSR count). The first kappa shape index (κ1) is 16.0. The Balaban J connectivity index is 2.87. The summed E-state index contributed by atoms with van der Waals surface area (Å²) in [5.74, 6) is -0.411. The van der Waals surface area contributed by atoms with Gasteiger partial charge < -0.3 is 5.11 Å². The molecule has 0 aliphatic rings. The van der Waals surface area contributed by atoms with Crippen LogP contribution in [0.1, 0.15) is 12.5 Å². The van der Waals surface area contributed by atoms with Crippen molar-refractivity contribution in [1.29, 1.82) is 0 Å². The monoisotopic (exact) mass is 303 g/mol. The minimum absolute atomic E-state index is 0.221. The van der Waals surface area contributed by atoms with Crippen LogP contribution in [0.5, 0.6) is 0 Å². The highest BCUT2D eigenvalue weighted by molar-refractivity contribution is 7.99. The Morgan fingerprint density at radius 1 is 1.42 bits per heavy atom. The van der Waals surface area contributed by atoms with Crippen LogP contribution in [0.3, 0.4) is 0 Å². The summed E-state index contributed by atoms with van der Waals surface area (Å²) in [6, 6.07) is 6.56. The van der Waals surface area contributed by atoms with E-state index < -0.39 is 21.2 Å². The normalized spacial score (nSPS) is 13.5. The Morgan fingerprint density at radius 2 is 2.05 bits per heavy atom. The molecule has 0 amide bonds. The average Bonchev–Trinajstić information content (AvgIpc) is 2.35. The highest BCUT2D eigenvalue weighted by Crippen LogP contribution is 2.21. The van der Waals surface area contributed by atoms with E-state index in [1.807, 2.05) is 0 Å². The summed E-state index contributed by atoms with van der Waals surface area (Å²) in [5.41, 5.74) is 0.793. The summed E-state index contributed by atoms with van der Waals surface area (Å²) in [7, 11) is -0.496. The van der Waals surface area contributed by atoms with Crippen LogP contribution in [0.2, 0.25) is 0 Å². The van der Waals surface area contributed by atoms with Gasteiger partial charge in [-0.25, -0.2) is 12.7 Å². The van der Waals surface area contributed by atoms with Crippen molar-refractivity contribution in [2.24, 2.45) is 0 Å². The maximum atomic E-state index is 12.0. The first-order chi connectivity index (χ1) is 8.75. The molecule has 0 aromatic heterocycles. The number of benzene rings is 1. The van der Waals surface area contributed by atoms with E-state index in [1.54, 1.807) is 25.1 Å². The lowest BCUT2D eigenvalue weighted by atomic mass is 10.2. The third kappa shape index (κ3) is 4.22. The lowest BCUT2D eigenvalue weighted by molar-refractivity contribution is -0.136. The number of hydrogen-bond donors (Lipinski definition) is 1. The van der Waals surface area contributed by atoms with Gasteiger partial charge in [-0.05, 0) is 24.6 Å². The molecule has 0 aliphatic heterocycles. The fraction of sp³-hybridized carbons (Fsp3) is 0.417. The molecule has 1 aromatic carbocycles. The third-order valence-electron chi connectivity index (χ3n) is 2.52. The fourth-order valence-electron chi connectivity index (χ4n) is 1.30. The Kier molecular flexibility index (Phi) is 5.39. The zero-order chi connectivity index (χ0) is 14.6. The summed E-state index contributed by atoms with van der Waals surface area (Å²) in [4.78, 5) is 10.9. The lowest BCUT2D eigenvalue weighted by Crippen LogP contribution is -2.22. The van der Waals surface area contributed by atoms with Gasteiger partial charge in [0.05, 0.1) is 10.1 Å². The minimum atomic E-state index is -3.45. The van der Waals surface area contributed by atoms with Crippen molar-refractivity contribution in [2.45, 2.75) is 22.8 Å². The summed E-state index contributed by atoms with van der Waals surface area (Å²) in [6.07, 6.45) is 0. The number of nitrogens with zero attached hydrogens (tertiary/aromatic N) is 1. The molecule has 5 nitrogen and oxygen atoms in total. The molecular weight excluding hydrogens is 286 g/mol. The maximum absolute atomic E-state index is 12.0. The van der Waals surface area contributed by atoms with Crippen molar-refractivity contribution in [2.75, 3.05) is 14.1 Å². The molecule has 7 heteroatoms. The van der Waals surface area contributed by atoms with Crippen molar-refractivity contribution >= 4 is 27.8 Å². The van der Waals surface area contributed by atoms with Gasteiger partial charge in [-0.1, -0.05) is 12.1 Å². The van der Waals surface area contributed by atoms with Gasteiger partial charge in [-0.2, -0.15) is 0 Å². The number of sulfonamides is 1. The van der Waals surface area contributed by atoms with Crippen LogP contribution in [0.4, 0.5) is 0 Å². The quantitative estimate of drug-likeness (QED) is 0.865. The molecule has 0 radical (unpaired) electrons. The van der Waals surface area contributed by atoms with E-state index >= 15 is 0 Å². The smallest absolute Gasteiger partial charge is 0.316 e. The summed E-state index contributed by atoms with van der Waals surface area (Å²) in [5, 5.41) is 8.27. The number of aliphatic carboxylic acids is 1. The molecule has 0 fully saturated rings. The van der Waals surface area contributed by atoms with E-state index in [9.17, 15) is 13.2 Å². The van der Waals surface area contributed by atoms with E-state index in [-0.39, 0.29) is 4.90 Å². The van der Waals surface area contributed by atoms with Crippen molar-refractivity contribution in [3.8, 4) is 0 Å². The summed E-state index contributed by atoms with van der Waals surface area (Å²) in [6.45, 7) is 1.60. The Bertz CT molecular complexity index is 555. The highest BCUT2D eigenvalue weighted by Gasteiger charge is 2.17. The van der Waals surface area contributed by atoms with Gasteiger partial charge >= 0.3 is 5.97 Å². The van der Waals surface area contributed by atoms with Gasteiger partial charge in [-0.3, -0.25) is 4.79 Å². The van der Waals surface area contributed by atoms with Crippen molar-refractivity contribution < 1.29 is 18.3 Å². The Hall–Kier alpha value is -1.05. The highest BCUT2D eigenvalue weighted by atomic mass is 32.2. The summed E-state index contributed by atoms with van der Waals surface area (Å²) >= 11 is 1.26. The van der Waals surface area contributed by atoms with Crippen LogP contribution in [0.25, 0.3) is 0 Å². The van der Waals surface area contributed by atoms with E-state index in [0.29, 0.717) is 5.75 Å². The molecular formula is C12H17NO4S2. The second-order valence-electron chi connectivity index (χ2n) is 4.23. The maximum Gasteiger partial charge on any atom is 0.316 e. The number of thioether (sulfide) groups is 1. The average molecular weight is 303 g/mol. The second-order valence-corrected chi connectivity index (χ2v) is 7.71. The van der Waals surface area contributed by atoms with Crippen LogP contribution in [-0.4, -0.2) is 43.1 Å². The van der Waals surface area contributed by atoms with Crippen molar-refractivity contribution in [1.82, 2.24) is 4.31 Å². The largest absolute Gasteiger partial charge is 0.480 e. The number of carbonyl (C=O) groups is 1. The molecule has 0 heterocycles. The molecule has 1 N–H and O–H groups in total. The first-order valence-electron chi connectivity index (χ1n) is 5.61. The van der Waals surface area contributed by atoms with E-state index in [4.69, 9.17) is 5.11 Å². The number of hydrogen-bond acceptors (Lipinski definition) is 4. The van der Waals surface area contributed by atoms with Crippen molar-refractivity contribution in [3.63, 3.8) is 0 Å². The van der Waals surface area contributed by atoms with Gasteiger partial charge in [0.2, 0.25) is 10.0 Å². The van der Waals surface area contributed by atoms with Crippen LogP contribution in [-0.2, 0) is 20.6 Å². The third-order valence-corrected chi connectivity index (χ3v) is 5.54. The molecule has 106 valence electrons. The van der Waals surface area contributed by atoms with E-state index in [2.05, 4.69) is 0 Å². The van der Waals surface area contributed by atoms with E-state index in [0.717, 1.165) is 9.87 Å². The molecule has 19 heavy (non-hydrogen) atoms. The zero-order valence-electron chi connectivity index (χ0n) is 11.0. The van der Waals surface area contributed by atoms with Crippen molar-refractivity contribution in [3.05, 3.63) is 29.8 Å². The lowest BCUT2D eigenvalue weighted by Gasteiger charge is -2.12. The predicted octanol–water partition coefficient (Wildman–Crippen LogP) is 1.64. The van der Waals surface area contributed by atoms with Gasteiger partial charge in [0.15, 0.2) is 0 Å².